The standard InChI is InChI=1S/C10H15Cl/c11-10-3-1-2-8-4-7(6-10)5-9(8)10/h7-9H,1-6H2/t7-,8+,9-,10+/m0/s1. The van der Waals surface area contributed by atoms with Crippen molar-refractivity contribution in [1.29, 1.82) is 0 Å². The van der Waals surface area contributed by atoms with Crippen LogP contribution in [0.3, 0.4) is 0 Å². The molecule has 0 unspecified atom stereocenters. The Labute approximate surface area is 73.3 Å². The molecule has 0 aromatic rings. The molecule has 11 heavy (non-hydrogen) atoms. The summed E-state index contributed by atoms with van der Waals surface area (Å²) in [6.45, 7) is 0. The lowest BCUT2D eigenvalue weighted by atomic mass is 9.71. The smallest absolute Gasteiger partial charge is 0.0480 e. The van der Waals surface area contributed by atoms with E-state index in [1.807, 2.05) is 0 Å². The highest BCUT2D eigenvalue weighted by atomic mass is 35.5. The predicted molar refractivity (Wildman–Crippen MR) is 46.8 cm³/mol. The van der Waals surface area contributed by atoms with E-state index in [2.05, 4.69) is 0 Å². The van der Waals surface area contributed by atoms with Crippen molar-refractivity contribution in [2.24, 2.45) is 17.8 Å². The highest BCUT2D eigenvalue weighted by Crippen LogP contribution is 2.62. The summed E-state index contributed by atoms with van der Waals surface area (Å²) in [6, 6.07) is 0. The molecule has 0 aromatic heterocycles. The summed E-state index contributed by atoms with van der Waals surface area (Å²) in [4.78, 5) is 0.284. The Hall–Kier alpha value is 0.290. The fraction of sp³-hybridized carbons (Fsp3) is 1.00. The van der Waals surface area contributed by atoms with Crippen LogP contribution in [0, 0.1) is 17.8 Å². The molecule has 0 nitrogen and oxygen atoms in total. The molecule has 0 amide bonds. The third-order valence-corrected chi connectivity index (χ3v) is 4.88. The van der Waals surface area contributed by atoms with Gasteiger partial charge in [-0.3, -0.25) is 0 Å². The Bertz CT molecular complexity index is 189. The first-order chi connectivity index (χ1) is 5.28. The van der Waals surface area contributed by atoms with Crippen LogP contribution in [-0.4, -0.2) is 4.87 Å². The first kappa shape index (κ1) is 6.77. The highest BCUT2D eigenvalue weighted by Gasteiger charge is 2.55. The number of hydrogen-bond donors (Lipinski definition) is 0. The molecule has 1 heteroatoms. The van der Waals surface area contributed by atoms with Crippen molar-refractivity contribution in [3.05, 3.63) is 0 Å². The fourth-order valence-electron chi connectivity index (χ4n) is 3.94. The molecule has 3 aliphatic rings. The second-order valence-electron chi connectivity index (χ2n) is 4.83. The van der Waals surface area contributed by atoms with E-state index in [0.29, 0.717) is 0 Å². The van der Waals surface area contributed by atoms with Crippen LogP contribution in [0.4, 0.5) is 0 Å². The summed E-state index contributed by atoms with van der Waals surface area (Å²) in [7, 11) is 0. The SMILES string of the molecule is Cl[C@@]12CCC[C@@H]3C[C@@H](C[C@@H]31)C2. The van der Waals surface area contributed by atoms with Gasteiger partial charge in [0.15, 0.2) is 0 Å². The Kier molecular flexibility index (Phi) is 1.21. The van der Waals surface area contributed by atoms with Crippen LogP contribution in [0.5, 0.6) is 0 Å². The van der Waals surface area contributed by atoms with E-state index in [-0.39, 0.29) is 4.87 Å². The first-order valence-electron chi connectivity index (χ1n) is 4.97. The van der Waals surface area contributed by atoms with Gasteiger partial charge in [0, 0.05) is 4.87 Å². The zero-order valence-corrected chi connectivity index (χ0v) is 7.61. The maximum absolute atomic E-state index is 6.60. The quantitative estimate of drug-likeness (QED) is 0.490. The van der Waals surface area contributed by atoms with Gasteiger partial charge in [0.05, 0.1) is 0 Å². The van der Waals surface area contributed by atoms with E-state index in [0.717, 1.165) is 17.8 Å². The molecule has 0 aliphatic heterocycles. The van der Waals surface area contributed by atoms with Gasteiger partial charge in [0.1, 0.15) is 0 Å². The number of hydrogen-bond acceptors (Lipinski definition) is 0. The van der Waals surface area contributed by atoms with Gasteiger partial charge in [-0.15, -0.1) is 11.6 Å². The number of halogens is 1. The minimum atomic E-state index is 0.284. The Morgan fingerprint density at radius 1 is 1.27 bits per heavy atom. The van der Waals surface area contributed by atoms with Crippen LogP contribution in [0.1, 0.15) is 38.5 Å². The van der Waals surface area contributed by atoms with Crippen molar-refractivity contribution in [3.63, 3.8) is 0 Å². The fourth-order valence-corrected chi connectivity index (χ4v) is 4.56. The van der Waals surface area contributed by atoms with Gasteiger partial charge >= 0.3 is 0 Å². The lowest BCUT2D eigenvalue weighted by Crippen LogP contribution is -2.37. The lowest BCUT2D eigenvalue weighted by molar-refractivity contribution is 0.186. The van der Waals surface area contributed by atoms with Crippen LogP contribution in [0.15, 0.2) is 0 Å². The summed E-state index contributed by atoms with van der Waals surface area (Å²) in [6.07, 6.45) is 8.52. The summed E-state index contributed by atoms with van der Waals surface area (Å²) in [5.41, 5.74) is 0. The molecule has 3 fully saturated rings. The van der Waals surface area contributed by atoms with Gasteiger partial charge in [0.25, 0.3) is 0 Å². The van der Waals surface area contributed by atoms with Crippen LogP contribution in [0.2, 0.25) is 0 Å². The second-order valence-corrected chi connectivity index (χ2v) is 5.59. The van der Waals surface area contributed by atoms with Gasteiger partial charge < -0.3 is 0 Å². The van der Waals surface area contributed by atoms with Crippen molar-refractivity contribution in [3.8, 4) is 0 Å². The topological polar surface area (TPSA) is 0 Å². The predicted octanol–water partition coefficient (Wildman–Crippen LogP) is 3.19. The summed E-state index contributed by atoms with van der Waals surface area (Å²) in [5.74, 6) is 2.96. The average Bonchev–Trinajstić information content (AvgIpc) is 2.40. The molecule has 3 aliphatic carbocycles. The van der Waals surface area contributed by atoms with E-state index >= 15 is 0 Å². The van der Waals surface area contributed by atoms with E-state index in [9.17, 15) is 0 Å². The minimum Gasteiger partial charge on any atom is -0.119 e. The number of alkyl halides is 1. The minimum absolute atomic E-state index is 0.284. The molecule has 2 bridgehead atoms. The molecule has 0 spiro atoms. The van der Waals surface area contributed by atoms with E-state index < -0.39 is 0 Å². The molecule has 0 radical (unpaired) electrons. The maximum Gasteiger partial charge on any atom is 0.0480 e. The molecule has 62 valence electrons. The Morgan fingerprint density at radius 3 is 2.82 bits per heavy atom. The van der Waals surface area contributed by atoms with Crippen molar-refractivity contribution >= 4 is 11.6 Å². The van der Waals surface area contributed by atoms with Crippen LogP contribution in [-0.2, 0) is 0 Å². The zero-order chi connectivity index (χ0) is 7.47. The van der Waals surface area contributed by atoms with Gasteiger partial charge in [-0.1, -0.05) is 12.8 Å². The van der Waals surface area contributed by atoms with Crippen molar-refractivity contribution in [1.82, 2.24) is 0 Å². The normalized spacial score (nSPS) is 60.3. The van der Waals surface area contributed by atoms with Crippen molar-refractivity contribution < 1.29 is 0 Å². The van der Waals surface area contributed by atoms with Gasteiger partial charge in [-0.25, -0.2) is 0 Å². The van der Waals surface area contributed by atoms with E-state index in [1.54, 1.807) is 0 Å². The Balaban J connectivity index is 1.97. The van der Waals surface area contributed by atoms with Crippen molar-refractivity contribution in [2.45, 2.75) is 43.4 Å². The van der Waals surface area contributed by atoms with Gasteiger partial charge in [-0.05, 0) is 43.4 Å². The van der Waals surface area contributed by atoms with Gasteiger partial charge in [0.2, 0.25) is 0 Å². The molecule has 3 saturated carbocycles. The first-order valence-corrected chi connectivity index (χ1v) is 5.35. The van der Waals surface area contributed by atoms with Crippen molar-refractivity contribution in [2.75, 3.05) is 0 Å². The molecule has 0 N–H and O–H groups in total. The Morgan fingerprint density at radius 2 is 2.18 bits per heavy atom. The zero-order valence-electron chi connectivity index (χ0n) is 6.85. The monoisotopic (exact) mass is 170 g/mol. The highest BCUT2D eigenvalue weighted by molar-refractivity contribution is 6.24. The van der Waals surface area contributed by atoms with Crippen LogP contribution >= 0.6 is 11.6 Å². The molecule has 4 atom stereocenters. The molecule has 0 heterocycles. The molecular weight excluding hydrogens is 156 g/mol. The summed E-state index contributed by atoms with van der Waals surface area (Å²) < 4.78 is 0. The second kappa shape index (κ2) is 1.96. The van der Waals surface area contributed by atoms with E-state index in [4.69, 9.17) is 11.6 Å². The van der Waals surface area contributed by atoms with Gasteiger partial charge in [-0.2, -0.15) is 0 Å². The third kappa shape index (κ3) is 0.771. The molecule has 3 rings (SSSR count). The number of fused-ring (bicyclic) bond motifs is 1. The summed E-state index contributed by atoms with van der Waals surface area (Å²) in [5, 5.41) is 0. The van der Waals surface area contributed by atoms with E-state index in [1.165, 1.54) is 38.5 Å². The summed E-state index contributed by atoms with van der Waals surface area (Å²) >= 11 is 6.60. The largest absolute Gasteiger partial charge is 0.119 e. The van der Waals surface area contributed by atoms with Crippen LogP contribution < -0.4 is 0 Å². The lowest BCUT2D eigenvalue weighted by Gasteiger charge is -2.41. The van der Waals surface area contributed by atoms with Crippen LogP contribution in [0.25, 0.3) is 0 Å². The molecule has 0 saturated heterocycles. The number of rotatable bonds is 0. The maximum atomic E-state index is 6.60. The third-order valence-electron chi connectivity index (χ3n) is 4.25. The average molecular weight is 171 g/mol. The molecule has 0 aromatic carbocycles. The molecular formula is C10H15Cl.